The van der Waals surface area contributed by atoms with E-state index in [1.54, 1.807) is 13.2 Å². The van der Waals surface area contributed by atoms with Crippen molar-refractivity contribution in [3.63, 3.8) is 0 Å². The molecule has 3 aromatic rings. The van der Waals surface area contributed by atoms with Gasteiger partial charge in [-0.1, -0.05) is 12.1 Å². The highest BCUT2D eigenvalue weighted by Crippen LogP contribution is 2.35. The van der Waals surface area contributed by atoms with Gasteiger partial charge in [0.25, 0.3) is 5.91 Å². The molecule has 0 bridgehead atoms. The van der Waals surface area contributed by atoms with Crippen molar-refractivity contribution < 1.29 is 13.9 Å². The second kappa shape index (κ2) is 6.72. The molecule has 1 aromatic carbocycles. The maximum atomic E-state index is 11.3. The summed E-state index contributed by atoms with van der Waals surface area (Å²) in [7, 11) is 1.68. The Kier molecular flexibility index (Phi) is 4.26. The summed E-state index contributed by atoms with van der Waals surface area (Å²) in [6.07, 6.45) is 2.11. The van der Waals surface area contributed by atoms with E-state index >= 15 is 0 Å². The predicted octanol–water partition coefficient (Wildman–Crippen LogP) is 2.79. The summed E-state index contributed by atoms with van der Waals surface area (Å²) in [6.45, 7) is 2.38. The molecule has 3 heterocycles. The van der Waals surface area contributed by atoms with Gasteiger partial charge in [-0.25, -0.2) is 0 Å². The highest BCUT2D eigenvalue weighted by molar-refractivity contribution is 5.89. The fraction of sp³-hybridized carbons (Fsp3) is 0.250. The van der Waals surface area contributed by atoms with Crippen molar-refractivity contribution in [2.45, 2.75) is 19.1 Å². The van der Waals surface area contributed by atoms with Crippen LogP contribution in [0.15, 0.2) is 59.1 Å². The van der Waals surface area contributed by atoms with Gasteiger partial charge in [0.2, 0.25) is 0 Å². The number of benzene rings is 1. The van der Waals surface area contributed by atoms with Crippen LogP contribution in [0.25, 0.3) is 0 Å². The number of nitrogens with zero attached hydrogens (tertiary/aromatic N) is 2. The molecule has 0 saturated carbocycles. The van der Waals surface area contributed by atoms with Crippen LogP contribution >= 0.6 is 0 Å². The van der Waals surface area contributed by atoms with Crippen LogP contribution in [-0.2, 0) is 13.1 Å². The van der Waals surface area contributed by atoms with Crippen molar-refractivity contribution in [3.8, 4) is 5.75 Å². The lowest BCUT2D eigenvalue weighted by Gasteiger charge is -2.37. The summed E-state index contributed by atoms with van der Waals surface area (Å²) < 4.78 is 13.3. The molecule has 1 aliphatic rings. The van der Waals surface area contributed by atoms with Gasteiger partial charge < -0.3 is 19.5 Å². The first-order valence-electron chi connectivity index (χ1n) is 8.57. The molecule has 0 aliphatic carbocycles. The Morgan fingerprint density at radius 1 is 1.23 bits per heavy atom. The molecule has 1 aliphatic heterocycles. The first kappa shape index (κ1) is 16.5. The van der Waals surface area contributed by atoms with Gasteiger partial charge >= 0.3 is 0 Å². The van der Waals surface area contributed by atoms with E-state index in [-0.39, 0.29) is 11.8 Å². The summed E-state index contributed by atoms with van der Waals surface area (Å²) in [5, 5.41) is 0. The number of carbonyl (C=O) groups is 1. The standard InChI is InChI=1S/C20H21N3O3/c1-25-15-5-2-4-14(12-15)19-17-6-3-9-22(17)10-11-23(19)13-16-7-8-18(26-16)20(21)24/h2-9,12,19H,10-11,13H2,1H3,(H2,21,24). The van der Waals surface area contributed by atoms with E-state index in [4.69, 9.17) is 14.9 Å². The molecule has 4 rings (SSSR count). The van der Waals surface area contributed by atoms with Crippen molar-refractivity contribution in [1.82, 2.24) is 9.47 Å². The number of furan rings is 1. The van der Waals surface area contributed by atoms with E-state index in [0.29, 0.717) is 6.54 Å². The molecule has 1 unspecified atom stereocenters. The lowest BCUT2D eigenvalue weighted by atomic mass is 9.99. The van der Waals surface area contributed by atoms with Crippen LogP contribution in [0, 0.1) is 0 Å². The monoisotopic (exact) mass is 351 g/mol. The number of rotatable bonds is 5. The predicted molar refractivity (Wildman–Crippen MR) is 96.9 cm³/mol. The number of hydrogen-bond donors (Lipinski definition) is 1. The Morgan fingerprint density at radius 2 is 2.12 bits per heavy atom. The number of aromatic nitrogens is 1. The lowest BCUT2D eigenvalue weighted by Crippen LogP contribution is -2.37. The van der Waals surface area contributed by atoms with Gasteiger partial charge in [0.05, 0.1) is 19.7 Å². The Balaban J connectivity index is 1.69. The highest BCUT2D eigenvalue weighted by Gasteiger charge is 2.29. The topological polar surface area (TPSA) is 73.6 Å². The van der Waals surface area contributed by atoms with Crippen molar-refractivity contribution in [2.75, 3.05) is 13.7 Å². The summed E-state index contributed by atoms with van der Waals surface area (Å²) in [4.78, 5) is 13.6. The minimum Gasteiger partial charge on any atom is -0.497 e. The van der Waals surface area contributed by atoms with Crippen LogP contribution in [0.1, 0.15) is 33.6 Å². The van der Waals surface area contributed by atoms with E-state index in [9.17, 15) is 4.79 Å². The first-order valence-corrected chi connectivity index (χ1v) is 8.57. The number of carbonyl (C=O) groups excluding carboxylic acids is 1. The largest absolute Gasteiger partial charge is 0.497 e. The fourth-order valence-corrected chi connectivity index (χ4v) is 3.59. The number of nitrogens with two attached hydrogens (primary N) is 1. The van der Waals surface area contributed by atoms with Crippen LogP contribution in [0.4, 0.5) is 0 Å². The summed E-state index contributed by atoms with van der Waals surface area (Å²) >= 11 is 0. The van der Waals surface area contributed by atoms with Gasteiger partial charge in [0, 0.05) is 25.0 Å². The molecule has 1 atom stereocenters. The summed E-state index contributed by atoms with van der Waals surface area (Å²) in [5.74, 6) is 1.21. The smallest absolute Gasteiger partial charge is 0.284 e. The Bertz CT molecular complexity index is 928. The quantitative estimate of drug-likeness (QED) is 0.767. The molecule has 2 N–H and O–H groups in total. The molecule has 6 heteroatoms. The molecule has 0 fully saturated rings. The first-order chi connectivity index (χ1) is 12.7. The second-order valence-electron chi connectivity index (χ2n) is 6.41. The Hall–Kier alpha value is -2.99. The fourth-order valence-electron chi connectivity index (χ4n) is 3.59. The van der Waals surface area contributed by atoms with Gasteiger partial charge in [-0.3, -0.25) is 9.69 Å². The van der Waals surface area contributed by atoms with Crippen molar-refractivity contribution in [1.29, 1.82) is 0 Å². The normalized spacial score (nSPS) is 17.0. The van der Waals surface area contributed by atoms with Crippen molar-refractivity contribution in [2.24, 2.45) is 5.73 Å². The number of methoxy groups -OCH3 is 1. The number of ether oxygens (including phenoxy) is 1. The zero-order valence-corrected chi connectivity index (χ0v) is 14.6. The molecule has 2 aromatic heterocycles. The number of fused-ring (bicyclic) bond motifs is 1. The van der Waals surface area contributed by atoms with Gasteiger partial charge in [-0.15, -0.1) is 0 Å². The number of primary amides is 1. The molecule has 0 saturated heterocycles. The molecular formula is C20H21N3O3. The maximum Gasteiger partial charge on any atom is 0.284 e. The highest BCUT2D eigenvalue weighted by atomic mass is 16.5. The Morgan fingerprint density at radius 3 is 2.88 bits per heavy atom. The third-order valence-electron chi connectivity index (χ3n) is 4.81. The molecule has 0 spiro atoms. The SMILES string of the molecule is COc1cccc(C2c3cccn3CCN2Cc2ccc(C(N)=O)o2)c1. The van der Waals surface area contributed by atoms with Crippen LogP contribution in [0.2, 0.25) is 0 Å². The average molecular weight is 351 g/mol. The molecule has 134 valence electrons. The van der Waals surface area contributed by atoms with Crippen LogP contribution in [-0.4, -0.2) is 29.0 Å². The average Bonchev–Trinajstić information content (AvgIpc) is 3.31. The summed E-state index contributed by atoms with van der Waals surface area (Å²) in [5.41, 5.74) is 7.68. The van der Waals surface area contributed by atoms with Crippen LogP contribution in [0.3, 0.4) is 0 Å². The van der Waals surface area contributed by atoms with Crippen LogP contribution in [0.5, 0.6) is 5.75 Å². The minimum atomic E-state index is -0.548. The van der Waals surface area contributed by atoms with Crippen LogP contribution < -0.4 is 10.5 Å². The second-order valence-corrected chi connectivity index (χ2v) is 6.41. The third-order valence-corrected chi connectivity index (χ3v) is 4.81. The van der Waals surface area contributed by atoms with Gasteiger partial charge in [0.1, 0.15) is 11.5 Å². The van der Waals surface area contributed by atoms with E-state index < -0.39 is 5.91 Å². The zero-order valence-electron chi connectivity index (χ0n) is 14.6. The van der Waals surface area contributed by atoms with E-state index in [0.717, 1.165) is 30.2 Å². The zero-order chi connectivity index (χ0) is 18.1. The maximum absolute atomic E-state index is 11.3. The van der Waals surface area contributed by atoms with Gasteiger partial charge in [-0.05, 0) is 42.0 Å². The molecule has 0 radical (unpaired) electrons. The number of hydrogen-bond acceptors (Lipinski definition) is 4. The van der Waals surface area contributed by atoms with Gasteiger partial charge in [0.15, 0.2) is 5.76 Å². The lowest BCUT2D eigenvalue weighted by molar-refractivity contribution is 0.0967. The van der Waals surface area contributed by atoms with E-state index in [2.05, 4.69) is 39.9 Å². The summed E-state index contributed by atoms with van der Waals surface area (Å²) in [6, 6.07) is 15.9. The molecule has 1 amide bonds. The van der Waals surface area contributed by atoms with E-state index in [1.165, 1.54) is 5.69 Å². The third kappa shape index (κ3) is 2.99. The number of amides is 1. The van der Waals surface area contributed by atoms with E-state index in [1.807, 2.05) is 18.2 Å². The minimum absolute atomic E-state index is 0.0796. The van der Waals surface area contributed by atoms with Crippen molar-refractivity contribution in [3.05, 3.63) is 77.5 Å². The molecular weight excluding hydrogens is 330 g/mol. The van der Waals surface area contributed by atoms with Gasteiger partial charge in [-0.2, -0.15) is 0 Å². The molecule has 6 nitrogen and oxygen atoms in total. The molecule has 26 heavy (non-hydrogen) atoms. The Labute approximate surface area is 151 Å². The van der Waals surface area contributed by atoms with Crippen molar-refractivity contribution >= 4 is 5.91 Å².